The average Bonchev–Trinajstić information content (AvgIpc) is 2.71. The molecule has 1 heterocycles. The fourth-order valence-electron chi connectivity index (χ4n) is 2.65. The lowest BCUT2D eigenvalue weighted by atomic mass is 10.2. The van der Waals surface area contributed by atoms with Gasteiger partial charge < -0.3 is 15.1 Å². The number of urea groups is 1. The molecule has 2 aromatic carbocycles. The molecular formula is C19H17ClFN3O3S. The first-order valence-electron chi connectivity index (χ1n) is 8.51. The summed E-state index contributed by atoms with van der Waals surface area (Å²) in [6, 6.07) is 12.2. The number of carbonyl (C=O) groups excluding carboxylic acids is 3. The minimum atomic E-state index is -0.561. The highest BCUT2D eigenvalue weighted by Crippen LogP contribution is 2.21. The van der Waals surface area contributed by atoms with E-state index in [-0.39, 0.29) is 21.4 Å². The largest absolute Gasteiger partial charge is 0.330 e. The zero-order chi connectivity index (χ0) is 20.1. The number of amides is 3. The number of piperazine rings is 1. The van der Waals surface area contributed by atoms with Crippen LogP contribution in [-0.4, -0.2) is 52.4 Å². The van der Waals surface area contributed by atoms with Crippen LogP contribution >= 0.6 is 23.4 Å². The predicted molar refractivity (Wildman–Crippen MR) is 107 cm³/mol. The van der Waals surface area contributed by atoms with Crippen molar-refractivity contribution in [3.63, 3.8) is 0 Å². The molecule has 1 aliphatic heterocycles. The summed E-state index contributed by atoms with van der Waals surface area (Å²) in [5.74, 6) is -0.561. The first-order valence-corrected chi connectivity index (χ1v) is 9.70. The molecule has 6 nitrogen and oxygen atoms in total. The van der Waals surface area contributed by atoms with Crippen molar-refractivity contribution in [2.45, 2.75) is 0 Å². The number of benzene rings is 2. The normalized spacial score (nSPS) is 13.9. The van der Waals surface area contributed by atoms with Gasteiger partial charge in [0.1, 0.15) is 5.82 Å². The molecule has 3 amide bonds. The Kier molecular flexibility index (Phi) is 6.53. The first-order chi connectivity index (χ1) is 13.4. The Balaban J connectivity index is 1.49. The van der Waals surface area contributed by atoms with Gasteiger partial charge in [-0.2, -0.15) is 0 Å². The molecule has 1 saturated heterocycles. The highest BCUT2D eigenvalue weighted by atomic mass is 35.5. The van der Waals surface area contributed by atoms with Gasteiger partial charge in [-0.15, -0.1) is 0 Å². The Bertz CT molecular complexity index is 889. The fraction of sp³-hybridized carbons (Fsp3) is 0.211. The second-order valence-electron chi connectivity index (χ2n) is 6.05. The van der Waals surface area contributed by atoms with Crippen LogP contribution in [0.4, 0.5) is 19.7 Å². The molecule has 0 spiro atoms. The van der Waals surface area contributed by atoms with Crippen LogP contribution in [-0.2, 0) is 0 Å². The summed E-state index contributed by atoms with van der Waals surface area (Å²) in [7, 11) is 0. The van der Waals surface area contributed by atoms with Gasteiger partial charge in [0.25, 0.3) is 5.24 Å². The van der Waals surface area contributed by atoms with Gasteiger partial charge in [-0.1, -0.05) is 41.9 Å². The second-order valence-corrected chi connectivity index (χ2v) is 7.39. The molecule has 0 bridgehead atoms. The number of halogens is 2. The molecule has 1 aliphatic rings. The molecule has 0 aromatic heterocycles. The SMILES string of the molecule is O=C(SC(=O)N1CCN(C(=O)Nc2ccc(F)c(Cl)c2)CC1)c1ccccc1. The molecule has 0 unspecified atom stereocenters. The van der Waals surface area contributed by atoms with E-state index in [2.05, 4.69) is 5.32 Å². The Hall–Kier alpha value is -2.58. The minimum absolute atomic E-state index is 0.0756. The summed E-state index contributed by atoms with van der Waals surface area (Å²) in [6.07, 6.45) is 0. The lowest BCUT2D eigenvalue weighted by Gasteiger charge is -2.34. The van der Waals surface area contributed by atoms with Crippen molar-refractivity contribution in [1.29, 1.82) is 0 Å². The van der Waals surface area contributed by atoms with Gasteiger partial charge in [0.05, 0.1) is 5.02 Å². The Morgan fingerprint density at radius 3 is 2.25 bits per heavy atom. The molecule has 1 N–H and O–H groups in total. The Morgan fingerprint density at radius 1 is 0.964 bits per heavy atom. The number of rotatable bonds is 2. The third-order valence-corrected chi connectivity index (χ3v) is 5.33. The van der Waals surface area contributed by atoms with Gasteiger partial charge in [-0.05, 0) is 18.2 Å². The average molecular weight is 422 g/mol. The Morgan fingerprint density at radius 2 is 1.61 bits per heavy atom. The van der Waals surface area contributed by atoms with Crippen molar-refractivity contribution >= 4 is 45.4 Å². The molecule has 28 heavy (non-hydrogen) atoms. The maximum absolute atomic E-state index is 13.2. The van der Waals surface area contributed by atoms with Crippen LogP contribution in [0.5, 0.6) is 0 Å². The molecular weight excluding hydrogens is 405 g/mol. The van der Waals surface area contributed by atoms with E-state index in [1.165, 1.54) is 18.2 Å². The maximum Gasteiger partial charge on any atom is 0.321 e. The number of nitrogens with one attached hydrogen (secondary N) is 1. The van der Waals surface area contributed by atoms with Crippen molar-refractivity contribution in [2.75, 3.05) is 31.5 Å². The van der Waals surface area contributed by atoms with Crippen molar-refractivity contribution < 1.29 is 18.8 Å². The highest BCUT2D eigenvalue weighted by molar-refractivity contribution is 8.26. The van der Waals surface area contributed by atoms with Crippen LogP contribution in [0.3, 0.4) is 0 Å². The second kappa shape index (κ2) is 9.07. The minimum Gasteiger partial charge on any atom is -0.330 e. The number of thioether (sulfide) groups is 1. The topological polar surface area (TPSA) is 69.7 Å². The van der Waals surface area contributed by atoms with Gasteiger partial charge in [-0.3, -0.25) is 9.59 Å². The van der Waals surface area contributed by atoms with Crippen LogP contribution in [0.1, 0.15) is 10.4 Å². The van der Waals surface area contributed by atoms with E-state index in [1.807, 2.05) is 0 Å². The third kappa shape index (κ3) is 5.02. The summed E-state index contributed by atoms with van der Waals surface area (Å²) in [4.78, 5) is 39.9. The van der Waals surface area contributed by atoms with Gasteiger partial charge in [0, 0.05) is 49.2 Å². The third-order valence-electron chi connectivity index (χ3n) is 4.19. The van der Waals surface area contributed by atoms with E-state index in [0.29, 0.717) is 49.2 Å². The highest BCUT2D eigenvalue weighted by Gasteiger charge is 2.26. The number of nitrogens with zero attached hydrogens (tertiary/aromatic N) is 2. The monoisotopic (exact) mass is 421 g/mol. The number of hydrogen-bond acceptors (Lipinski definition) is 4. The number of anilines is 1. The van der Waals surface area contributed by atoms with Crippen molar-refractivity contribution in [3.05, 3.63) is 64.9 Å². The molecule has 2 aromatic rings. The summed E-state index contributed by atoms with van der Waals surface area (Å²) in [6.45, 7) is 1.30. The van der Waals surface area contributed by atoms with E-state index in [4.69, 9.17) is 11.6 Å². The van der Waals surface area contributed by atoms with Gasteiger partial charge in [-0.25, -0.2) is 9.18 Å². The first kappa shape index (κ1) is 20.2. The molecule has 146 valence electrons. The number of carbonyl (C=O) groups is 3. The van der Waals surface area contributed by atoms with Crippen LogP contribution in [0.15, 0.2) is 48.5 Å². The quantitative estimate of drug-likeness (QED) is 0.783. The maximum atomic E-state index is 13.2. The van der Waals surface area contributed by atoms with E-state index in [1.54, 1.807) is 40.1 Å². The fourth-order valence-corrected chi connectivity index (χ4v) is 3.55. The van der Waals surface area contributed by atoms with Crippen LogP contribution < -0.4 is 5.32 Å². The van der Waals surface area contributed by atoms with Gasteiger partial charge >= 0.3 is 6.03 Å². The number of hydrogen-bond donors (Lipinski definition) is 1. The summed E-state index contributed by atoms with van der Waals surface area (Å²) in [5, 5.41) is 1.93. The molecule has 3 rings (SSSR count). The molecule has 0 aliphatic carbocycles. The van der Waals surface area contributed by atoms with E-state index in [0.717, 1.165) is 0 Å². The molecule has 0 atom stereocenters. The Labute approximate surface area is 170 Å². The van der Waals surface area contributed by atoms with Crippen molar-refractivity contribution in [3.8, 4) is 0 Å². The van der Waals surface area contributed by atoms with E-state index >= 15 is 0 Å². The van der Waals surface area contributed by atoms with Crippen LogP contribution in [0.2, 0.25) is 5.02 Å². The summed E-state index contributed by atoms with van der Waals surface area (Å²) < 4.78 is 13.2. The lowest BCUT2D eigenvalue weighted by Crippen LogP contribution is -2.51. The van der Waals surface area contributed by atoms with Crippen LogP contribution in [0, 0.1) is 5.82 Å². The molecule has 1 fully saturated rings. The van der Waals surface area contributed by atoms with Crippen LogP contribution in [0.25, 0.3) is 0 Å². The zero-order valence-electron chi connectivity index (χ0n) is 14.7. The lowest BCUT2D eigenvalue weighted by molar-refractivity contribution is 0.108. The van der Waals surface area contributed by atoms with Crippen molar-refractivity contribution in [1.82, 2.24) is 9.80 Å². The smallest absolute Gasteiger partial charge is 0.321 e. The standard InChI is InChI=1S/C19H17ClFN3O3S/c20-15-12-14(6-7-16(15)21)22-18(26)23-8-10-24(11-9-23)19(27)28-17(25)13-4-2-1-3-5-13/h1-7,12H,8-11H2,(H,22,26). The van der Waals surface area contributed by atoms with E-state index < -0.39 is 5.82 Å². The summed E-state index contributed by atoms with van der Waals surface area (Å²) >= 11 is 6.36. The molecule has 0 radical (unpaired) electrons. The van der Waals surface area contributed by atoms with E-state index in [9.17, 15) is 18.8 Å². The van der Waals surface area contributed by atoms with Gasteiger partial charge in [0.2, 0.25) is 5.12 Å². The summed E-state index contributed by atoms with van der Waals surface area (Å²) in [5.41, 5.74) is 0.857. The molecule has 0 saturated carbocycles. The van der Waals surface area contributed by atoms with Gasteiger partial charge in [0.15, 0.2) is 0 Å². The van der Waals surface area contributed by atoms with Crippen molar-refractivity contribution in [2.24, 2.45) is 0 Å². The predicted octanol–water partition coefficient (Wildman–Crippen LogP) is 4.32. The molecule has 9 heteroatoms. The zero-order valence-corrected chi connectivity index (χ0v) is 16.3.